The van der Waals surface area contributed by atoms with Gasteiger partial charge >= 0.3 is 0 Å². The summed E-state index contributed by atoms with van der Waals surface area (Å²) in [6, 6.07) is 3.05. The van der Waals surface area contributed by atoms with Crippen LogP contribution in [0.5, 0.6) is 0 Å². The van der Waals surface area contributed by atoms with Crippen molar-refractivity contribution in [1.82, 2.24) is 10.2 Å². The van der Waals surface area contributed by atoms with Crippen molar-refractivity contribution in [2.24, 2.45) is 0 Å². The average molecular weight is 237 g/mol. The van der Waals surface area contributed by atoms with Crippen molar-refractivity contribution >= 4 is 0 Å². The standard InChI is InChI=1S/C14H27N3/c1-4-17(5-2)11-7-6-10-14(3,12-15)16-13-8-9-13/h13,16H,4-11H2,1-3H3. The number of hydrogen-bond acceptors (Lipinski definition) is 3. The molecule has 1 unspecified atom stereocenters. The number of nitriles is 1. The van der Waals surface area contributed by atoms with E-state index < -0.39 is 0 Å². The molecule has 1 saturated carbocycles. The molecule has 0 aromatic rings. The second-order valence-corrected chi connectivity index (χ2v) is 5.35. The fraction of sp³-hybridized carbons (Fsp3) is 0.929. The van der Waals surface area contributed by atoms with E-state index >= 15 is 0 Å². The number of nitrogens with one attached hydrogen (secondary N) is 1. The lowest BCUT2D eigenvalue weighted by molar-refractivity contribution is 0.288. The van der Waals surface area contributed by atoms with Gasteiger partial charge in [-0.2, -0.15) is 5.26 Å². The second-order valence-electron chi connectivity index (χ2n) is 5.35. The van der Waals surface area contributed by atoms with E-state index in [1.807, 2.05) is 6.92 Å². The molecule has 3 nitrogen and oxygen atoms in total. The van der Waals surface area contributed by atoms with E-state index in [9.17, 15) is 5.26 Å². The van der Waals surface area contributed by atoms with Crippen LogP contribution in [0.2, 0.25) is 0 Å². The number of rotatable bonds is 9. The third-order valence-corrected chi connectivity index (χ3v) is 3.64. The minimum atomic E-state index is -0.301. The van der Waals surface area contributed by atoms with Gasteiger partial charge in [0.1, 0.15) is 5.54 Å². The zero-order chi connectivity index (χ0) is 12.7. The average Bonchev–Trinajstić information content (AvgIpc) is 3.13. The highest BCUT2D eigenvalue weighted by molar-refractivity contribution is 5.06. The first-order chi connectivity index (χ1) is 8.13. The molecular formula is C14H27N3. The summed E-state index contributed by atoms with van der Waals surface area (Å²) in [4.78, 5) is 2.44. The Bertz CT molecular complexity index is 251. The van der Waals surface area contributed by atoms with Gasteiger partial charge in [-0.3, -0.25) is 5.32 Å². The van der Waals surface area contributed by atoms with Crippen LogP contribution in [0, 0.1) is 11.3 Å². The fourth-order valence-electron chi connectivity index (χ4n) is 2.19. The van der Waals surface area contributed by atoms with Gasteiger partial charge in [-0.15, -0.1) is 0 Å². The molecule has 0 aromatic carbocycles. The van der Waals surface area contributed by atoms with Gasteiger partial charge in [-0.1, -0.05) is 13.8 Å². The molecule has 0 spiro atoms. The topological polar surface area (TPSA) is 39.1 Å². The van der Waals surface area contributed by atoms with Crippen LogP contribution in [0.15, 0.2) is 0 Å². The maximum Gasteiger partial charge on any atom is 0.104 e. The molecule has 0 bridgehead atoms. The highest BCUT2D eigenvalue weighted by Gasteiger charge is 2.31. The maximum atomic E-state index is 9.24. The Morgan fingerprint density at radius 3 is 2.41 bits per heavy atom. The molecule has 1 fully saturated rings. The molecule has 98 valence electrons. The van der Waals surface area contributed by atoms with Crippen LogP contribution in [-0.4, -0.2) is 36.1 Å². The molecule has 0 saturated heterocycles. The zero-order valence-electron chi connectivity index (χ0n) is 11.6. The van der Waals surface area contributed by atoms with Crippen molar-refractivity contribution < 1.29 is 0 Å². The Hall–Kier alpha value is -0.590. The van der Waals surface area contributed by atoms with Crippen molar-refractivity contribution in [3.8, 4) is 6.07 Å². The molecule has 3 heteroatoms. The van der Waals surface area contributed by atoms with Gasteiger partial charge in [0.05, 0.1) is 6.07 Å². The monoisotopic (exact) mass is 237 g/mol. The summed E-state index contributed by atoms with van der Waals surface area (Å²) in [6.45, 7) is 9.88. The van der Waals surface area contributed by atoms with Gasteiger partial charge in [0.25, 0.3) is 0 Å². The van der Waals surface area contributed by atoms with E-state index in [0.717, 1.165) is 32.5 Å². The van der Waals surface area contributed by atoms with Gasteiger partial charge < -0.3 is 4.90 Å². The molecule has 1 N–H and O–H groups in total. The molecule has 0 amide bonds. The lowest BCUT2D eigenvalue weighted by atomic mass is 9.96. The van der Waals surface area contributed by atoms with Crippen molar-refractivity contribution in [1.29, 1.82) is 5.26 Å². The largest absolute Gasteiger partial charge is 0.304 e. The van der Waals surface area contributed by atoms with Crippen LogP contribution in [0.25, 0.3) is 0 Å². The summed E-state index contributed by atoms with van der Waals surface area (Å²) >= 11 is 0. The van der Waals surface area contributed by atoms with E-state index in [1.54, 1.807) is 0 Å². The highest BCUT2D eigenvalue weighted by Crippen LogP contribution is 2.24. The lowest BCUT2D eigenvalue weighted by Crippen LogP contribution is -2.42. The fourth-order valence-corrected chi connectivity index (χ4v) is 2.19. The third kappa shape index (κ3) is 5.52. The van der Waals surface area contributed by atoms with Gasteiger partial charge in [0, 0.05) is 6.04 Å². The van der Waals surface area contributed by atoms with Crippen LogP contribution in [-0.2, 0) is 0 Å². The first kappa shape index (κ1) is 14.5. The summed E-state index contributed by atoms with van der Waals surface area (Å²) in [6.07, 6.45) is 5.81. The molecule has 0 radical (unpaired) electrons. The van der Waals surface area contributed by atoms with Crippen LogP contribution in [0.1, 0.15) is 52.9 Å². The van der Waals surface area contributed by atoms with E-state index in [-0.39, 0.29) is 5.54 Å². The second kappa shape index (κ2) is 6.98. The maximum absolute atomic E-state index is 9.24. The molecule has 0 aromatic heterocycles. The number of hydrogen-bond donors (Lipinski definition) is 1. The van der Waals surface area contributed by atoms with Crippen molar-refractivity contribution in [3.63, 3.8) is 0 Å². The summed E-state index contributed by atoms with van der Waals surface area (Å²) in [5.74, 6) is 0. The Balaban J connectivity index is 2.16. The smallest absolute Gasteiger partial charge is 0.104 e. The van der Waals surface area contributed by atoms with Gasteiger partial charge in [0.2, 0.25) is 0 Å². The van der Waals surface area contributed by atoms with Crippen LogP contribution < -0.4 is 5.32 Å². The quantitative estimate of drug-likeness (QED) is 0.626. The Labute approximate surface area is 106 Å². The lowest BCUT2D eigenvalue weighted by Gasteiger charge is -2.24. The molecule has 1 atom stereocenters. The summed E-state index contributed by atoms with van der Waals surface area (Å²) in [7, 11) is 0. The van der Waals surface area contributed by atoms with Crippen molar-refractivity contribution in [2.45, 2.75) is 64.5 Å². The number of unbranched alkanes of at least 4 members (excludes halogenated alkanes) is 1. The van der Waals surface area contributed by atoms with Crippen LogP contribution in [0.4, 0.5) is 0 Å². The molecule has 1 aliphatic carbocycles. The van der Waals surface area contributed by atoms with Crippen LogP contribution >= 0.6 is 0 Å². The first-order valence-electron chi connectivity index (χ1n) is 7.05. The van der Waals surface area contributed by atoms with Crippen molar-refractivity contribution in [2.75, 3.05) is 19.6 Å². The molecule has 0 heterocycles. The minimum absolute atomic E-state index is 0.301. The van der Waals surface area contributed by atoms with E-state index in [4.69, 9.17) is 0 Å². The predicted octanol–water partition coefficient (Wildman–Crippen LogP) is 2.53. The molecule has 1 aliphatic rings. The van der Waals surface area contributed by atoms with Gasteiger partial charge in [0.15, 0.2) is 0 Å². The Morgan fingerprint density at radius 2 is 1.94 bits per heavy atom. The van der Waals surface area contributed by atoms with E-state index in [2.05, 4.69) is 30.1 Å². The normalized spacial score (nSPS) is 19.0. The predicted molar refractivity (Wildman–Crippen MR) is 71.8 cm³/mol. The zero-order valence-corrected chi connectivity index (χ0v) is 11.6. The molecular weight excluding hydrogens is 210 g/mol. The molecule has 0 aliphatic heterocycles. The Morgan fingerprint density at radius 1 is 1.29 bits per heavy atom. The SMILES string of the molecule is CCN(CC)CCCCC(C)(C#N)NC1CC1. The van der Waals surface area contributed by atoms with Gasteiger partial charge in [-0.25, -0.2) is 0 Å². The summed E-state index contributed by atoms with van der Waals surface area (Å²) in [5.41, 5.74) is -0.301. The molecule has 17 heavy (non-hydrogen) atoms. The number of nitrogens with zero attached hydrogens (tertiary/aromatic N) is 2. The minimum Gasteiger partial charge on any atom is -0.304 e. The Kier molecular flexibility index (Phi) is 5.94. The molecule has 1 rings (SSSR count). The van der Waals surface area contributed by atoms with Crippen LogP contribution in [0.3, 0.4) is 0 Å². The van der Waals surface area contributed by atoms with Crippen molar-refractivity contribution in [3.05, 3.63) is 0 Å². The summed E-state index contributed by atoms with van der Waals surface area (Å²) in [5, 5.41) is 12.7. The van der Waals surface area contributed by atoms with Gasteiger partial charge in [-0.05, 0) is 58.7 Å². The summed E-state index contributed by atoms with van der Waals surface area (Å²) < 4.78 is 0. The van der Waals surface area contributed by atoms with E-state index in [0.29, 0.717) is 6.04 Å². The third-order valence-electron chi connectivity index (χ3n) is 3.64. The van der Waals surface area contributed by atoms with E-state index in [1.165, 1.54) is 19.3 Å². The highest BCUT2D eigenvalue weighted by atomic mass is 15.1. The first-order valence-corrected chi connectivity index (χ1v) is 7.05.